The number of anilines is 1. The molecular formula is C13H11Cl2NO2. The number of carbonyl (C=O) groups excluding carboxylic acids is 1. The lowest BCUT2D eigenvalue weighted by Gasteiger charge is -2.10. The van der Waals surface area contributed by atoms with Crippen molar-refractivity contribution in [2.24, 2.45) is 0 Å². The van der Waals surface area contributed by atoms with E-state index in [0.717, 1.165) is 11.1 Å². The summed E-state index contributed by atoms with van der Waals surface area (Å²) in [6, 6.07) is 6.76. The fraction of sp³-hybridized carbons (Fsp3) is 0.154. The number of hydrogen-bond donors (Lipinski definition) is 1. The Labute approximate surface area is 115 Å². The average Bonchev–Trinajstić information content (AvgIpc) is 2.70. The molecule has 94 valence electrons. The molecule has 1 amide bonds. The van der Waals surface area contributed by atoms with E-state index in [1.54, 1.807) is 6.07 Å². The van der Waals surface area contributed by atoms with Crippen LogP contribution in [0.3, 0.4) is 0 Å². The molecule has 0 radical (unpaired) electrons. The third-order valence-corrected chi connectivity index (χ3v) is 2.97. The first-order valence-electron chi connectivity index (χ1n) is 5.31. The van der Waals surface area contributed by atoms with Crippen molar-refractivity contribution in [3.8, 4) is 0 Å². The third kappa shape index (κ3) is 2.68. The molecule has 0 aliphatic heterocycles. The summed E-state index contributed by atoms with van der Waals surface area (Å²) in [7, 11) is 0. The Morgan fingerprint density at radius 3 is 2.50 bits per heavy atom. The molecule has 0 atom stereocenters. The van der Waals surface area contributed by atoms with Crippen LogP contribution in [0.4, 0.5) is 5.69 Å². The zero-order valence-electron chi connectivity index (χ0n) is 9.88. The lowest BCUT2D eigenvalue weighted by atomic mass is 10.1. The Kier molecular flexibility index (Phi) is 3.64. The highest BCUT2D eigenvalue weighted by Crippen LogP contribution is 2.28. The lowest BCUT2D eigenvalue weighted by molar-refractivity contribution is 0.0996. The molecule has 0 spiro atoms. The van der Waals surface area contributed by atoms with Crippen LogP contribution in [-0.4, -0.2) is 5.91 Å². The predicted octanol–water partition coefficient (Wildman–Crippen LogP) is 4.46. The van der Waals surface area contributed by atoms with Crippen LogP contribution in [0.2, 0.25) is 10.2 Å². The van der Waals surface area contributed by atoms with E-state index >= 15 is 0 Å². The zero-order chi connectivity index (χ0) is 13.3. The van der Waals surface area contributed by atoms with Gasteiger partial charge in [-0.05, 0) is 54.8 Å². The van der Waals surface area contributed by atoms with Gasteiger partial charge in [0.05, 0.1) is 10.7 Å². The minimum absolute atomic E-state index is 0.149. The number of benzene rings is 1. The molecule has 5 heteroatoms. The topological polar surface area (TPSA) is 42.2 Å². The molecule has 1 aromatic heterocycles. The minimum atomic E-state index is -0.379. The van der Waals surface area contributed by atoms with Crippen molar-refractivity contribution in [1.82, 2.24) is 0 Å². The zero-order valence-corrected chi connectivity index (χ0v) is 11.4. The number of aryl methyl sites for hydroxylation is 2. The summed E-state index contributed by atoms with van der Waals surface area (Å²) in [4.78, 5) is 11.9. The molecule has 1 heterocycles. The summed E-state index contributed by atoms with van der Waals surface area (Å²) >= 11 is 11.7. The highest BCUT2D eigenvalue weighted by atomic mass is 35.5. The molecule has 0 fully saturated rings. The quantitative estimate of drug-likeness (QED) is 0.884. The average molecular weight is 284 g/mol. The summed E-state index contributed by atoms with van der Waals surface area (Å²) in [5, 5.41) is 3.38. The monoisotopic (exact) mass is 283 g/mol. The van der Waals surface area contributed by atoms with Gasteiger partial charge < -0.3 is 9.73 Å². The standard InChI is InChI=1S/C13H11Cl2NO2/c1-7-5-8(2)12(9(14)6-7)16-13(17)10-3-4-11(15)18-10/h3-6H,1-2H3,(H,16,17). The van der Waals surface area contributed by atoms with Gasteiger partial charge in [0.1, 0.15) is 0 Å². The Hall–Kier alpha value is -1.45. The Bertz CT molecular complexity index is 582. The summed E-state index contributed by atoms with van der Waals surface area (Å²) < 4.78 is 5.03. The smallest absolute Gasteiger partial charge is 0.291 e. The van der Waals surface area contributed by atoms with E-state index in [9.17, 15) is 4.79 Å². The maximum absolute atomic E-state index is 11.9. The van der Waals surface area contributed by atoms with Crippen LogP contribution >= 0.6 is 23.2 Å². The number of amides is 1. The van der Waals surface area contributed by atoms with E-state index in [1.165, 1.54) is 12.1 Å². The van der Waals surface area contributed by atoms with Crippen molar-refractivity contribution in [2.45, 2.75) is 13.8 Å². The highest BCUT2D eigenvalue weighted by molar-refractivity contribution is 6.34. The molecule has 0 saturated carbocycles. The molecular weight excluding hydrogens is 273 g/mol. The number of hydrogen-bond acceptors (Lipinski definition) is 2. The number of carbonyl (C=O) groups is 1. The van der Waals surface area contributed by atoms with Gasteiger partial charge in [-0.15, -0.1) is 0 Å². The molecule has 1 N–H and O–H groups in total. The Morgan fingerprint density at radius 2 is 1.94 bits per heavy atom. The fourth-order valence-corrected chi connectivity index (χ4v) is 2.20. The second kappa shape index (κ2) is 5.04. The van der Waals surface area contributed by atoms with E-state index in [4.69, 9.17) is 27.6 Å². The molecule has 3 nitrogen and oxygen atoms in total. The van der Waals surface area contributed by atoms with Crippen LogP contribution in [0, 0.1) is 13.8 Å². The molecule has 1 aromatic carbocycles. The molecule has 0 saturated heterocycles. The molecule has 0 unspecified atom stereocenters. The number of rotatable bonds is 2. The number of furan rings is 1. The molecule has 2 rings (SSSR count). The van der Waals surface area contributed by atoms with Gasteiger partial charge in [0.25, 0.3) is 5.91 Å². The van der Waals surface area contributed by atoms with Gasteiger partial charge in [-0.25, -0.2) is 0 Å². The van der Waals surface area contributed by atoms with Gasteiger partial charge >= 0.3 is 0 Å². The van der Waals surface area contributed by atoms with Crippen molar-refractivity contribution < 1.29 is 9.21 Å². The van der Waals surface area contributed by atoms with Crippen LogP contribution in [0.15, 0.2) is 28.7 Å². The lowest BCUT2D eigenvalue weighted by Crippen LogP contribution is -2.12. The normalized spacial score (nSPS) is 10.4. The first-order valence-corrected chi connectivity index (χ1v) is 6.06. The maximum Gasteiger partial charge on any atom is 0.291 e. The molecule has 2 aromatic rings. The van der Waals surface area contributed by atoms with E-state index < -0.39 is 0 Å². The van der Waals surface area contributed by atoms with Crippen LogP contribution in [0.1, 0.15) is 21.7 Å². The van der Waals surface area contributed by atoms with Crippen molar-refractivity contribution in [1.29, 1.82) is 0 Å². The van der Waals surface area contributed by atoms with Crippen molar-refractivity contribution in [3.63, 3.8) is 0 Å². The van der Waals surface area contributed by atoms with E-state index in [1.807, 2.05) is 19.9 Å². The minimum Gasteiger partial charge on any atom is -0.440 e. The molecule has 18 heavy (non-hydrogen) atoms. The Morgan fingerprint density at radius 1 is 1.22 bits per heavy atom. The van der Waals surface area contributed by atoms with E-state index in [0.29, 0.717) is 10.7 Å². The second-order valence-corrected chi connectivity index (χ2v) is 4.78. The van der Waals surface area contributed by atoms with Crippen molar-refractivity contribution >= 4 is 34.8 Å². The fourth-order valence-electron chi connectivity index (χ4n) is 1.69. The van der Waals surface area contributed by atoms with E-state index in [2.05, 4.69) is 5.32 Å². The van der Waals surface area contributed by atoms with Crippen molar-refractivity contribution in [3.05, 3.63) is 51.4 Å². The summed E-state index contributed by atoms with van der Waals surface area (Å²) in [5.41, 5.74) is 2.52. The summed E-state index contributed by atoms with van der Waals surface area (Å²) in [5.74, 6) is -0.230. The van der Waals surface area contributed by atoms with Crippen molar-refractivity contribution in [2.75, 3.05) is 5.32 Å². The molecule has 0 aliphatic carbocycles. The van der Waals surface area contributed by atoms with Crippen LogP contribution in [-0.2, 0) is 0 Å². The first-order chi connectivity index (χ1) is 8.47. The summed E-state index contributed by atoms with van der Waals surface area (Å²) in [6.07, 6.45) is 0. The van der Waals surface area contributed by atoms with Gasteiger partial charge in [0, 0.05) is 0 Å². The van der Waals surface area contributed by atoms with Crippen LogP contribution in [0.5, 0.6) is 0 Å². The maximum atomic E-state index is 11.9. The third-order valence-electron chi connectivity index (χ3n) is 2.47. The molecule has 0 aliphatic rings. The predicted molar refractivity (Wildman–Crippen MR) is 72.6 cm³/mol. The van der Waals surface area contributed by atoms with Gasteiger partial charge in [-0.3, -0.25) is 4.79 Å². The van der Waals surface area contributed by atoms with Gasteiger partial charge in [-0.1, -0.05) is 17.7 Å². The first kappa shape index (κ1) is 13.0. The van der Waals surface area contributed by atoms with Gasteiger partial charge in [0.2, 0.25) is 0 Å². The largest absolute Gasteiger partial charge is 0.440 e. The summed E-state index contributed by atoms with van der Waals surface area (Å²) in [6.45, 7) is 3.82. The van der Waals surface area contributed by atoms with Gasteiger partial charge in [-0.2, -0.15) is 0 Å². The highest BCUT2D eigenvalue weighted by Gasteiger charge is 2.14. The Balaban J connectivity index is 2.27. The second-order valence-electron chi connectivity index (χ2n) is 4.00. The van der Waals surface area contributed by atoms with E-state index in [-0.39, 0.29) is 16.9 Å². The molecule has 0 bridgehead atoms. The van der Waals surface area contributed by atoms with Crippen LogP contribution < -0.4 is 5.32 Å². The van der Waals surface area contributed by atoms with Gasteiger partial charge in [0.15, 0.2) is 11.0 Å². The number of nitrogens with one attached hydrogen (secondary N) is 1. The SMILES string of the molecule is Cc1cc(C)c(NC(=O)c2ccc(Cl)o2)c(Cl)c1. The van der Waals surface area contributed by atoms with Crippen LogP contribution in [0.25, 0.3) is 0 Å². The number of halogens is 2.